The van der Waals surface area contributed by atoms with Gasteiger partial charge in [-0.25, -0.2) is 13.2 Å². The van der Waals surface area contributed by atoms with E-state index < -0.39 is 15.0 Å². The molecule has 0 aliphatic rings. The maximum Gasteiger partial charge on any atom is 0.355 e. The minimum Gasteiger partial charge on any atom is -0.459 e. The van der Waals surface area contributed by atoms with Gasteiger partial charge in [-0.15, -0.1) is 0 Å². The normalized spacial score (nSPS) is 11.9. The van der Waals surface area contributed by atoms with E-state index in [1.165, 1.54) is 16.8 Å². The van der Waals surface area contributed by atoms with Crippen LogP contribution in [0.4, 0.5) is 0 Å². The highest BCUT2D eigenvalue weighted by atomic mass is 35.7. The molecule has 0 bridgehead atoms. The lowest BCUT2D eigenvalue weighted by Crippen LogP contribution is -2.15. The van der Waals surface area contributed by atoms with Gasteiger partial charge in [0.15, 0.2) is 0 Å². The molecule has 0 fully saturated rings. The van der Waals surface area contributed by atoms with Crippen LogP contribution >= 0.6 is 10.7 Å². The summed E-state index contributed by atoms with van der Waals surface area (Å²) in [6, 6.07) is 1.12. The van der Waals surface area contributed by atoms with E-state index in [1.54, 1.807) is 0 Å². The van der Waals surface area contributed by atoms with Gasteiger partial charge in [-0.1, -0.05) is 6.92 Å². The molecule has 120 valence electrons. The third-order valence-corrected chi connectivity index (χ3v) is 4.00. The topological polar surface area (TPSA) is 74.6 Å². The first-order chi connectivity index (χ1) is 9.77. The SMILES string of the molecule is CCCOCCOC(=O)c1cc(S(=O)(=O)Cl)cn1C(C)C. The number of aromatic nitrogens is 1. The number of carbonyl (C=O) groups is 1. The summed E-state index contributed by atoms with van der Waals surface area (Å²) >= 11 is 0. The second-order valence-electron chi connectivity index (χ2n) is 4.75. The lowest BCUT2D eigenvalue weighted by Gasteiger charge is -2.12. The first-order valence-corrected chi connectivity index (χ1v) is 8.99. The molecule has 0 saturated carbocycles. The van der Waals surface area contributed by atoms with Gasteiger partial charge >= 0.3 is 5.97 Å². The molecule has 0 atom stereocenters. The number of rotatable bonds is 8. The molecule has 1 rings (SSSR count). The first-order valence-electron chi connectivity index (χ1n) is 6.68. The van der Waals surface area contributed by atoms with Crippen LogP contribution in [0.25, 0.3) is 0 Å². The highest BCUT2D eigenvalue weighted by Gasteiger charge is 2.22. The molecule has 8 heteroatoms. The third kappa shape index (κ3) is 5.33. The van der Waals surface area contributed by atoms with E-state index >= 15 is 0 Å². The summed E-state index contributed by atoms with van der Waals surface area (Å²) in [4.78, 5) is 11.9. The molecule has 0 amide bonds. The van der Waals surface area contributed by atoms with E-state index in [-0.39, 0.29) is 23.2 Å². The summed E-state index contributed by atoms with van der Waals surface area (Å²) in [5, 5.41) is 0. The Kier molecular flexibility index (Phi) is 6.70. The zero-order chi connectivity index (χ0) is 16.0. The van der Waals surface area contributed by atoms with Crippen LogP contribution in [0.5, 0.6) is 0 Å². The van der Waals surface area contributed by atoms with Crippen LogP contribution in [-0.2, 0) is 18.5 Å². The summed E-state index contributed by atoms with van der Waals surface area (Å²) in [5.41, 5.74) is 0.153. The zero-order valence-electron chi connectivity index (χ0n) is 12.3. The van der Waals surface area contributed by atoms with Gasteiger partial charge in [-0.05, 0) is 26.3 Å². The second-order valence-corrected chi connectivity index (χ2v) is 7.31. The number of hydrogen-bond donors (Lipinski definition) is 0. The molecule has 1 aromatic rings. The average Bonchev–Trinajstić information content (AvgIpc) is 2.83. The largest absolute Gasteiger partial charge is 0.459 e. The highest BCUT2D eigenvalue weighted by molar-refractivity contribution is 8.13. The summed E-state index contributed by atoms with van der Waals surface area (Å²) in [6.45, 7) is 6.66. The third-order valence-electron chi connectivity index (χ3n) is 2.68. The van der Waals surface area contributed by atoms with Crippen molar-refractivity contribution in [1.82, 2.24) is 4.57 Å². The Labute approximate surface area is 129 Å². The Morgan fingerprint density at radius 3 is 2.52 bits per heavy atom. The van der Waals surface area contributed by atoms with Crippen LogP contribution in [0, 0.1) is 0 Å². The average molecular weight is 338 g/mol. The molecule has 0 aliphatic carbocycles. The van der Waals surface area contributed by atoms with Crippen molar-refractivity contribution in [1.29, 1.82) is 0 Å². The van der Waals surface area contributed by atoms with Crippen LogP contribution in [0.15, 0.2) is 17.2 Å². The van der Waals surface area contributed by atoms with Crippen molar-refractivity contribution in [2.24, 2.45) is 0 Å². The van der Waals surface area contributed by atoms with Crippen molar-refractivity contribution in [2.45, 2.75) is 38.1 Å². The molecule has 0 spiro atoms. The summed E-state index contributed by atoms with van der Waals surface area (Å²) < 4.78 is 34.5. The Balaban J connectivity index is 2.81. The van der Waals surface area contributed by atoms with Crippen LogP contribution in [0.1, 0.15) is 43.7 Å². The van der Waals surface area contributed by atoms with Crippen molar-refractivity contribution in [2.75, 3.05) is 19.8 Å². The minimum atomic E-state index is -3.89. The highest BCUT2D eigenvalue weighted by Crippen LogP contribution is 2.22. The number of esters is 1. The van der Waals surface area contributed by atoms with Crippen LogP contribution < -0.4 is 0 Å². The molecule has 1 heterocycles. The number of carbonyl (C=O) groups excluding carboxylic acids is 1. The van der Waals surface area contributed by atoms with Gasteiger partial charge in [0.2, 0.25) is 0 Å². The van der Waals surface area contributed by atoms with Crippen LogP contribution in [0.3, 0.4) is 0 Å². The van der Waals surface area contributed by atoms with E-state index in [9.17, 15) is 13.2 Å². The second kappa shape index (κ2) is 7.82. The van der Waals surface area contributed by atoms with Gasteiger partial charge in [0.1, 0.15) is 17.2 Å². The molecule has 0 aliphatic heterocycles. The summed E-state index contributed by atoms with van der Waals surface area (Å²) in [5.74, 6) is -0.602. The minimum absolute atomic E-state index is 0.101. The lowest BCUT2D eigenvalue weighted by atomic mass is 10.3. The monoisotopic (exact) mass is 337 g/mol. The Hall–Kier alpha value is -1.05. The number of hydrogen-bond acceptors (Lipinski definition) is 5. The zero-order valence-corrected chi connectivity index (χ0v) is 13.9. The van der Waals surface area contributed by atoms with Gasteiger partial charge in [-0.2, -0.15) is 0 Å². The predicted molar refractivity (Wildman–Crippen MR) is 79.2 cm³/mol. The smallest absolute Gasteiger partial charge is 0.355 e. The molecule has 0 saturated heterocycles. The maximum absolute atomic E-state index is 12.0. The molecule has 0 N–H and O–H groups in total. The van der Waals surface area contributed by atoms with Crippen molar-refractivity contribution in [3.8, 4) is 0 Å². The fourth-order valence-corrected chi connectivity index (χ4v) is 2.44. The fourth-order valence-electron chi connectivity index (χ4n) is 1.69. The van der Waals surface area contributed by atoms with Crippen LogP contribution in [0.2, 0.25) is 0 Å². The molecule has 0 radical (unpaired) electrons. The van der Waals surface area contributed by atoms with E-state index in [2.05, 4.69) is 0 Å². The van der Waals surface area contributed by atoms with Gasteiger partial charge in [0.25, 0.3) is 9.05 Å². The van der Waals surface area contributed by atoms with Gasteiger partial charge in [0.05, 0.1) is 6.61 Å². The Morgan fingerprint density at radius 2 is 2.00 bits per heavy atom. The lowest BCUT2D eigenvalue weighted by molar-refractivity contribution is 0.0307. The van der Waals surface area contributed by atoms with E-state index in [0.29, 0.717) is 13.2 Å². The Morgan fingerprint density at radius 1 is 1.33 bits per heavy atom. The number of halogens is 1. The quantitative estimate of drug-likeness (QED) is 0.414. The van der Waals surface area contributed by atoms with Crippen molar-refractivity contribution < 1.29 is 22.7 Å². The van der Waals surface area contributed by atoms with Gasteiger partial charge < -0.3 is 14.0 Å². The standard InChI is InChI=1S/C13H20ClNO5S/c1-4-5-19-6-7-20-13(16)12-8-11(21(14,17)18)9-15(12)10(2)3/h8-10H,4-7H2,1-3H3. The van der Waals surface area contributed by atoms with Gasteiger partial charge in [0, 0.05) is 29.5 Å². The van der Waals surface area contributed by atoms with Crippen LogP contribution in [-0.4, -0.2) is 38.8 Å². The molecule has 21 heavy (non-hydrogen) atoms. The van der Waals surface area contributed by atoms with E-state index in [0.717, 1.165) is 6.42 Å². The fraction of sp³-hybridized carbons (Fsp3) is 0.615. The molecule has 1 aromatic heterocycles. The van der Waals surface area contributed by atoms with Crippen molar-refractivity contribution in [3.05, 3.63) is 18.0 Å². The summed E-state index contributed by atoms with van der Waals surface area (Å²) in [7, 11) is 1.42. The number of ether oxygens (including phenoxy) is 2. The van der Waals surface area contributed by atoms with Crippen molar-refractivity contribution in [3.63, 3.8) is 0 Å². The Bertz CT molecular complexity index is 579. The predicted octanol–water partition coefficient (Wildman–Crippen LogP) is 2.58. The molecular weight excluding hydrogens is 318 g/mol. The van der Waals surface area contributed by atoms with Gasteiger partial charge in [-0.3, -0.25) is 0 Å². The molecule has 0 aromatic carbocycles. The van der Waals surface area contributed by atoms with E-state index in [1.807, 2.05) is 20.8 Å². The maximum atomic E-state index is 12.0. The van der Waals surface area contributed by atoms with E-state index in [4.69, 9.17) is 20.2 Å². The molecular formula is C13H20ClNO5S. The molecule has 0 unspecified atom stereocenters. The van der Waals surface area contributed by atoms with Crippen molar-refractivity contribution >= 4 is 25.7 Å². The summed E-state index contributed by atoms with van der Waals surface area (Å²) in [6.07, 6.45) is 2.22. The molecule has 6 nitrogen and oxygen atoms in total. The first kappa shape index (κ1) is 18.0. The number of nitrogens with zero attached hydrogens (tertiary/aromatic N) is 1.